The quantitative estimate of drug-likeness (QED) is 0.0374. The van der Waals surface area contributed by atoms with Crippen molar-refractivity contribution in [3.8, 4) is 0 Å². The molecule has 0 aliphatic heterocycles. The van der Waals surface area contributed by atoms with Crippen molar-refractivity contribution in [2.24, 2.45) is 0 Å². The van der Waals surface area contributed by atoms with Gasteiger partial charge in [0.05, 0.1) is 6.61 Å². The summed E-state index contributed by atoms with van der Waals surface area (Å²) in [5.74, 6) is -0.583. The van der Waals surface area contributed by atoms with Crippen molar-refractivity contribution >= 4 is 11.9 Å². The van der Waals surface area contributed by atoms with Crippen LogP contribution in [0.15, 0.2) is 48.6 Å². The predicted molar refractivity (Wildman–Crippen MR) is 279 cm³/mol. The third kappa shape index (κ3) is 52.5. The number of ether oxygens (including phenoxy) is 2. The molecule has 0 aliphatic carbocycles. The molecule has 0 saturated carbocycles. The van der Waals surface area contributed by atoms with E-state index in [-0.39, 0.29) is 25.2 Å². The molecule has 0 fully saturated rings. The van der Waals surface area contributed by atoms with E-state index >= 15 is 0 Å². The van der Waals surface area contributed by atoms with Crippen molar-refractivity contribution in [1.82, 2.24) is 0 Å². The Bertz CT molecular complexity index is 1060. The molecule has 5 nitrogen and oxygen atoms in total. The number of allylic oxidation sites excluding steroid dienone is 8. The molecular formula is C59H108O5. The summed E-state index contributed by atoms with van der Waals surface area (Å²) < 4.78 is 10.7. The van der Waals surface area contributed by atoms with Gasteiger partial charge in [-0.05, 0) is 77.0 Å². The highest BCUT2D eigenvalue weighted by Crippen LogP contribution is 2.16. The number of unbranched alkanes of at least 4 members (excludes halogenated alkanes) is 36. The first kappa shape index (κ1) is 61.9. The largest absolute Gasteiger partial charge is 0.462 e. The minimum atomic E-state index is -0.773. The fourth-order valence-electron chi connectivity index (χ4n) is 8.32. The van der Waals surface area contributed by atoms with Crippen LogP contribution < -0.4 is 0 Å². The molecule has 1 atom stereocenters. The fraction of sp³-hybridized carbons (Fsp3) is 0.831. The van der Waals surface area contributed by atoms with Gasteiger partial charge in [-0.2, -0.15) is 0 Å². The summed E-state index contributed by atoms with van der Waals surface area (Å²) in [6.45, 7) is 4.15. The van der Waals surface area contributed by atoms with Crippen LogP contribution in [0.4, 0.5) is 0 Å². The van der Waals surface area contributed by atoms with Crippen molar-refractivity contribution in [3.05, 3.63) is 48.6 Å². The molecule has 0 aromatic carbocycles. The maximum absolute atomic E-state index is 12.3. The lowest BCUT2D eigenvalue weighted by Gasteiger charge is -2.15. The van der Waals surface area contributed by atoms with Crippen LogP contribution in [0.2, 0.25) is 0 Å². The molecule has 0 aromatic rings. The molecule has 1 N–H and O–H groups in total. The Morgan fingerprint density at radius 1 is 0.359 bits per heavy atom. The molecule has 0 radical (unpaired) electrons. The molecule has 5 heteroatoms. The van der Waals surface area contributed by atoms with Crippen molar-refractivity contribution < 1.29 is 24.2 Å². The number of aliphatic hydroxyl groups excluding tert-OH is 1. The minimum absolute atomic E-state index is 0.0651. The van der Waals surface area contributed by atoms with Crippen LogP contribution in [-0.2, 0) is 19.1 Å². The molecule has 64 heavy (non-hydrogen) atoms. The third-order valence-electron chi connectivity index (χ3n) is 12.6. The van der Waals surface area contributed by atoms with Gasteiger partial charge in [-0.1, -0.05) is 255 Å². The summed E-state index contributed by atoms with van der Waals surface area (Å²) in [4.78, 5) is 24.5. The van der Waals surface area contributed by atoms with Gasteiger partial charge in [0.2, 0.25) is 0 Å². The molecule has 374 valence electrons. The standard InChI is InChI=1S/C59H108O5/c1-3-5-7-9-11-13-15-17-19-21-22-23-24-25-26-27-28-29-30-31-32-33-34-35-36-38-40-42-44-46-48-50-52-54-59(62)64-57(55-60)56-63-58(61)53-51-49-47-45-43-41-39-37-20-18-16-14-12-10-8-6-4-2/h15,17-18,20-22,24-25,57,60H,3-14,16,19,23,26-56H2,1-2H3/b17-15-,20-18-,22-21-,25-24-. The molecule has 0 amide bonds. The summed E-state index contributed by atoms with van der Waals surface area (Å²) in [6.07, 6.45) is 72.3. The molecular weight excluding hydrogens is 789 g/mol. The van der Waals surface area contributed by atoms with Gasteiger partial charge in [-0.25, -0.2) is 0 Å². The van der Waals surface area contributed by atoms with Crippen LogP contribution in [0.1, 0.15) is 296 Å². The Labute approximate surface area is 398 Å². The number of carbonyl (C=O) groups excluding carboxylic acids is 2. The van der Waals surface area contributed by atoms with E-state index in [1.165, 1.54) is 218 Å². The number of esters is 2. The van der Waals surface area contributed by atoms with Gasteiger partial charge in [0.25, 0.3) is 0 Å². The number of hydrogen-bond acceptors (Lipinski definition) is 5. The van der Waals surface area contributed by atoms with Gasteiger partial charge in [-0.3, -0.25) is 9.59 Å². The van der Waals surface area contributed by atoms with Crippen LogP contribution in [0.25, 0.3) is 0 Å². The molecule has 1 unspecified atom stereocenters. The van der Waals surface area contributed by atoms with Gasteiger partial charge in [0.15, 0.2) is 6.10 Å². The smallest absolute Gasteiger partial charge is 0.306 e. The van der Waals surface area contributed by atoms with Crippen LogP contribution in [-0.4, -0.2) is 36.4 Å². The van der Waals surface area contributed by atoms with Crippen molar-refractivity contribution in [3.63, 3.8) is 0 Å². The maximum atomic E-state index is 12.3. The summed E-state index contributed by atoms with van der Waals surface area (Å²) >= 11 is 0. The second-order valence-electron chi connectivity index (χ2n) is 19.0. The Hall–Kier alpha value is -2.14. The molecule has 0 aliphatic rings. The summed E-state index contributed by atoms with van der Waals surface area (Å²) in [7, 11) is 0. The van der Waals surface area contributed by atoms with E-state index in [1.807, 2.05) is 0 Å². The minimum Gasteiger partial charge on any atom is -0.462 e. The Balaban J connectivity index is 3.44. The van der Waals surface area contributed by atoms with E-state index < -0.39 is 6.10 Å². The molecule has 0 spiro atoms. The summed E-state index contributed by atoms with van der Waals surface area (Å²) in [6, 6.07) is 0. The highest BCUT2D eigenvalue weighted by atomic mass is 16.6. The predicted octanol–water partition coefficient (Wildman–Crippen LogP) is 18.9. The van der Waals surface area contributed by atoms with Crippen LogP contribution in [0, 0.1) is 0 Å². The lowest BCUT2D eigenvalue weighted by atomic mass is 10.0. The topological polar surface area (TPSA) is 72.8 Å². The average Bonchev–Trinajstić information content (AvgIpc) is 3.30. The Morgan fingerprint density at radius 2 is 0.625 bits per heavy atom. The molecule has 0 rings (SSSR count). The van der Waals surface area contributed by atoms with Crippen molar-refractivity contribution in [1.29, 1.82) is 0 Å². The van der Waals surface area contributed by atoms with E-state index in [4.69, 9.17) is 9.47 Å². The SMILES string of the molecule is CCCCCCC/C=C\C/C=C\C/C=C\CCCCCCCCCCCCCCCCCCCCC(=O)OC(CO)COC(=O)CCCCCCCCC/C=C\CCCCCCCC. The number of carbonyl (C=O) groups is 2. The molecule has 0 heterocycles. The first-order valence-electron chi connectivity index (χ1n) is 28.2. The molecule has 0 aromatic heterocycles. The Morgan fingerprint density at radius 3 is 0.953 bits per heavy atom. The van der Waals surface area contributed by atoms with Gasteiger partial charge in [-0.15, -0.1) is 0 Å². The first-order chi connectivity index (χ1) is 31.6. The van der Waals surface area contributed by atoms with Crippen molar-refractivity contribution in [2.75, 3.05) is 13.2 Å². The average molecular weight is 898 g/mol. The normalized spacial score (nSPS) is 12.5. The monoisotopic (exact) mass is 897 g/mol. The van der Waals surface area contributed by atoms with Crippen LogP contribution in [0.3, 0.4) is 0 Å². The van der Waals surface area contributed by atoms with Crippen LogP contribution in [0.5, 0.6) is 0 Å². The zero-order chi connectivity index (χ0) is 46.3. The second-order valence-corrected chi connectivity index (χ2v) is 19.0. The zero-order valence-electron chi connectivity index (χ0n) is 42.8. The summed E-state index contributed by atoms with van der Waals surface area (Å²) in [5, 5.41) is 9.64. The van der Waals surface area contributed by atoms with E-state index in [1.54, 1.807) is 0 Å². The van der Waals surface area contributed by atoms with E-state index in [9.17, 15) is 14.7 Å². The zero-order valence-corrected chi connectivity index (χ0v) is 42.8. The van der Waals surface area contributed by atoms with Crippen molar-refractivity contribution in [2.45, 2.75) is 302 Å². The number of hydrogen-bond donors (Lipinski definition) is 1. The van der Waals surface area contributed by atoms with Gasteiger partial charge < -0.3 is 14.6 Å². The third-order valence-corrected chi connectivity index (χ3v) is 12.6. The van der Waals surface area contributed by atoms with E-state index in [2.05, 4.69) is 62.5 Å². The van der Waals surface area contributed by atoms with Gasteiger partial charge in [0.1, 0.15) is 6.61 Å². The van der Waals surface area contributed by atoms with E-state index in [0.717, 1.165) is 51.4 Å². The molecule has 0 bridgehead atoms. The van der Waals surface area contributed by atoms with Gasteiger partial charge in [0, 0.05) is 12.8 Å². The second kappa shape index (κ2) is 55.2. The fourth-order valence-corrected chi connectivity index (χ4v) is 8.32. The number of rotatable bonds is 52. The lowest BCUT2D eigenvalue weighted by molar-refractivity contribution is -0.161. The summed E-state index contributed by atoms with van der Waals surface area (Å²) in [5.41, 5.74) is 0. The highest BCUT2D eigenvalue weighted by molar-refractivity contribution is 5.70. The Kier molecular flexibility index (Phi) is 53.3. The lowest BCUT2D eigenvalue weighted by Crippen LogP contribution is -2.28. The maximum Gasteiger partial charge on any atom is 0.306 e. The first-order valence-corrected chi connectivity index (χ1v) is 28.2. The highest BCUT2D eigenvalue weighted by Gasteiger charge is 2.16. The van der Waals surface area contributed by atoms with Crippen LogP contribution >= 0.6 is 0 Å². The van der Waals surface area contributed by atoms with E-state index in [0.29, 0.717) is 12.8 Å². The molecule has 0 saturated heterocycles. The van der Waals surface area contributed by atoms with Gasteiger partial charge >= 0.3 is 11.9 Å². The number of aliphatic hydroxyl groups is 1.